The Labute approximate surface area is 79.7 Å². The van der Waals surface area contributed by atoms with Crippen LogP contribution in [0.5, 0.6) is 0 Å². The molecule has 0 atom stereocenters. The third-order valence-electron chi connectivity index (χ3n) is 1.79. The smallest absolute Gasteiger partial charge is 0.226 e. The van der Waals surface area contributed by atoms with Crippen molar-refractivity contribution >= 4 is 28.6 Å². The Morgan fingerprint density at radius 2 is 2.08 bits per heavy atom. The standard InChI is InChI=1S/C7H9ClN2O3/c8-5(10-13)1-4-2-6(11)9-7(12)3-4/h4,13H,1-3H2,(H,9,11,12)/b10-5-. The summed E-state index contributed by atoms with van der Waals surface area (Å²) in [6, 6.07) is 0. The number of piperidine rings is 1. The number of carbonyl (C=O) groups is 2. The molecule has 5 nitrogen and oxygen atoms in total. The highest BCUT2D eigenvalue weighted by molar-refractivity contribution is 6.65. The highest BCUT2D eigenvalue weighted by atomic mass is 35.5. The minimum atomic E-state index is -0.302. The normalized spacial score (nSPS) is 20.2. The molecule has 72 valence electrons. The summed E-state index contributed by atoms with van der Waals surface area (Å²) in [6.45, 7) is 0. The van der Waals surface area contributed by atoms with Crippen molar-refractivity contribution in [2.24, 2.45) is 11.1 Å². The maximum atomic E-state index is 10.9. The molecule has 13 heavy (non-hydrogen) atoms. The topological polar surface area (TPSA) is 78.8 Å². The average Bonchev–Trinajstić information content (AvgIpc) is 2.02. The van der Waals surface area contributed by atoms with Crippen LogP contribution in [0, 0.1) is 5.92 Å². The summed E-state index contributed by atoms with van der Waals surface area (Å²) in [4.78, 5) is 21.8. The maximum Gasteiger partial charge on any atom is 0.226 e. The van der Waals surface area contributed by atoms with Gasteiger partial charge in [0.25, 0.3) is 0 Å². The number of imide groups is 1. The number of oxime groups is 1. The fourth-order valence-corrected chi connectivity index (χ4v) is 1.50. The van der Waals surface area contributed by atoms with Gasteiger partial charge in [0, 0.05) is 19.3 Å². The molecule has 0 aromatic heterocycles. The van der Waals surface area contributed by atoms with E-state index in [0.29, 0.717) is 0 Å². The minimum Gasteiger partial charge on any atom is -0.410 e. The molecule has 1 heterocycles. The predicted octanol–water partition coefficient (Wildman–Crippen LogP) is 0.456. The number of carbonyl (C=O) groups excluding carboxylic acids is 2. The molecule has 1 fully saturated rings. The van der Waals surface area contributed by atoms with Gasteiger partial charge in [0.05, 0.1) is 0 Å². The van der Waals surface area contributed by atoms with E-state index in [1.807, 2.05) is 0 Å². The quantitative estimate of drug-likeness (QED) is 0.297. The first-order valence-corrected chi connectivity index (χ1v) is 4.18. The third kappa shape index (κ3) is 3.02. The summed E-state index contributed by atoms with van der Waals surface area (Å²) < 4.78 is 0. The number of halogens is 1. The van der Waals surface area contributed by atoms with Gasteiger partial charge in [0.2, 0.25) is 11.8 Å². The molecule has 1 rings (SSSR count). The van der Waals surface area contributed by atoms with E-state index in [4.69, 9.17) is 16.8 Å². The molecular weight excluding hydrogens is 196 g/mol. The Kier molecular flexibility index (Phi) is 3.25. The second-order valence-corrected chi connectivity index (χ2v) is 3.36. The van der Waals surface area contributed by atoms with Crippen molar-refractivity contribution in [3.05, 3.63) is 0 Å². The number of amides is 2. The summed E-state index contributed by atoms with van der Waals surface area (Å²) in [7, 11) is 0. The van der Waals surface area contributed by atoms with Gasteiger partial charge < -0.3 is 5.21 Å². The van der Waals surface area contributed by atoms with Crippen molar-refractivity contribution in [2.45, 2.75) is 19.3 Å². The van der Waals surface area contributed by atoms with Gasteiger partial charge in [0.15, 0.2) is 0 Å². The fourth-order valence-electron chi connectivity index (χ4n) is 1.28. The van der Waals surface area contributed by atoms with Crippen molar-refractivity contribution < 1.29 is 14.8 Å². The molecule has 0 aromatic carbocycles. The lowest BCUT2D eigenvalue weighted by Crippen LogP contribution is -2.38. The molecule has 6 heteroatoms. The lowest BCUT2D eigenvalue weighted by molar-refractivity contribution is -0.134. The first-order valence-electron chi connectivity index (χ1n) is 3.81. The largest absolute Gasteiger partial charge is 0.410 e. The molecule has 0 unspecified atom stereocenters. The molecule has 2 amide bonds. The van der Waals surface area contributed by atoms with Crippen molar-refractivity contribution in [2.75, 3.05) is 0 Å². The van der Waals surface area contributed by atoms with E-state index in [2.05, 4.69) is 10.5 Å². The van der Waals surface area contributed by atoms with Gasteiger partial charge >= 0.3 is 0 Å². The van der Waals surface area contributed by atoms with E-state index < -0.39 is 0 Å². The van der Waals surface area contributed by atoms with E-state index >= 15 is 0 Å². The van der Waals surface area contributed by atoms with E-state index in [1.165, 1.54) is 0 Å². The zero-order valence-electron chi connectivity index (χ0n) is 6.79. The van der Waals surface area contributed by atoms with Crippen LogP contribution in [-0.4, -0.2) is 22.2 Å². The summed E-state index contributed by atoms with van der Waals surface area (Å²) in [5, 5.41) is 13.2. The van der Waals surface area contributed by atoms with Crippen LogP contribution in [0.3, 0.4) is 0 Å². The molecule has 0 aromatic rings. The van der Waals surface area contributed by atoms with E-state index in [9.17, 15) is 9.59 Å². The molecule has 0 radical (unpaired) electrons. The van der Waals surface area contributed by atoms with E-state index in [0.717, 1.165) is 0 Å². The van der Waals surface area contributed by atoms with Gasteiger partial charge in [0.1, 0.15) is 5.17 Å². The third-order valence-corrected chi connectivity index (χ3v) is 2.02. The number of hydrogen-bond acceptors (Lipinski definition) is 4. The first kappa shape index (κ1) is 9.98. The fraction of sp³-hybridized carbons (Fsp3) is 0.571. The highest BCUT2D eigenvalue weighted by Crippen LogP contribution is 2.18. The van der Waals surface area contributed by atoms with Gasteiger partial charge in [-0.15, -0.1) is 0 Å². The average molecular weight is 205 g/mol. The molecule has 0 saturated carbocycles. The highest BCUT2D eigenvalue weighted by Gasteiger charge is 2.25. The molecule has 2 N–H and O–H groups in total. The van der Waals surface area contributed by atoms with Crippen LogP contribution in [-0.2, 0) is 9.59 Å². The first-order chi connectivity index (χ1) is 6.11. The van der Waals surface area contributed by atoms with Crippen LogP contribution in [0.25, 0.3) is 0 Å². The lowest BCUT2D eigenvalue weighted by Gasteiger charge is -2.19. The summed E-state index contributed by atoms with van der Waals surface area (Å²) >= 11 is 5.45. The Bertz CT molecular complexity index is 248. The van der Waals surface area contributed by atoms with E-state index in [1.54, 1.807) is 0 Å². The molecule has 1 aliphatic rings. The summed E-state index contributed by atoms with van der Waals surface area (Å²) in [6.07, 6.45) is 0.756. The van der Waals surface area contributed by atoms with Gasteiger partial charge in [-0.05, 0) is 5.92 Å². The predicted molar refractivity (Wildman–Crippen MR) is 45.6 cm³/mol. The second-order valence-electron chi connectivity index (χ2n) is 2.93. The van der Waals surface area contributed by atoms with Gasteiger partial charge in [-0.3, -0.25) is 14.9 Å². The number of rotatable bonds is 2. The Balaban J connectivity index is 2.51. The van der Waals surface area contributed by atoms with Crippen LogP contribution in [0.15, 0.2) is 5.16 Å². The van der Waals surface area contributed by atoms with Gasteiger partial charge in [-0.1, -0.05) is 16.8 Å². The monoisotopic (exact) mass is 204 g/mol. The Morgan fingerprint density at radius 1 is 1.54 bits per heavy atom. The number of nitrogens with one attached hydrogen (secondary N) is 1. The second kappa shape index (κ2) is 4.23. The minimum absolute atomic E-state index is 0.0208. The van der Waals surface area contributed by atoms with E-state index in [-0.39, 0.29) is 42.2 Å². The van der Waals surface area contributed by atoms with Gasteiger partial charge in [-0.25, -0.2) is 0 Å². The zero-order chi connectivity index (χ0) is 9.84. The summed E-state index contributed by atoms with van der Waals surface area (Å²) in [5.74, 6) is -0.753. The van der Waals surface area contributed by atoms with Crippen LogP contribution in [0.4, 0.5) is 0 Å². The van der Waals surface area contributed by atoms with Crippen molar-refractivity contribution in [3.8, 4) is 0 Å². The maximum absolute atomic E-state index is 10.9. The van der Waals surface area contributed by atoms with Crippen LogP contribution in [0.2, 0.25) is 0 Å². The SMILES string of the molecule is O=C1CC(C/C(Cl)=N/O)CC(=O)N1. The van der Waals surface area contributed by atoms with Crippen LogP contribution in [0.1, 0.15) is 19.3 Å². The molecule has 0 spiro atoms. The van der Waals surface area contributed by atoms with Gasteiger partial charge in [-0.2, -0.15) is 0 Å². The van der Waals surface area contributed by atoms with Crippen LogP contribution < -0.4 is 5.32 Å². The molecule has 0 bridgehead atoms. The lowest BCUT2D eigenvalue weighted by atomic mass is 9.94. The van der Waals surface area contributed by atoms with Crippen molar-refractivity contribution in [3.63, 3.8) is 0 Å². The zero-order valence-corrected chi connectivity index (χ0v) is 7.54. The molecular formula is C7H9ClN2O3. The van der Waals surface area contributed by atoms with Crippen molar-refractivity contribution in [1.82, 2.24) is 5.32 Å². The number of hydrogen-bond donors (Lipinski definition) is 2. The molecule has 0 aliphatic carbocycles. The Morgan fingerprint density at radius 3 is 2.54 bits per heavy atom. The number of nitrogens with zero attached hydrogens (tertiary/aromatic N) is 1. The Hall–Kier alpha value is -1.10. The van der Waals surface area contributed by atoms with Crippen molar-refractivity contribution in [1.29, 1.82) is 0 Å². The molecule has 1 saturated heterocycles. The van der Waals surface area contributed by atoms with Crippen LogP contribution >= 0.6 is 11.6 Å². The summed E-state index contributed by atoms with van der Waals surface area (Å²) in [5.41, 5.74) is 0. The molecule has 1 aliphatic heterocycles.